The second-order valence-corrected chi connectivity index (χ2v) is 6.43. The van der Waals surface area contributed by atoms with E-state index in [2.05, 4.69) is 10.6 Å². The van der Waals surface area contributed by atoms with Crippen molar-refractivity contribution in [2.45, 2.75) is 12.5 Å². The molecule has 1 atom stereocenters. The van der Waals surface area contributed by atoms with Crippen LogP contribution in [-0.2, 0) is 9.59 Å². The van der Waals surface area contributed by atoms with E-state index >= 15 is 0 Å². The molecule has 2 aromatic carbocycles. The fourth-order valence-electron chi connectivity index (χ4n) is 3.17. The van der Waals surface area contributed by atoms with Gasteiger partial charge in [0.25, 0.3) is 5.91 Å². The van der Waals surface area contributed by atoms with Gasteiger partial charge in [0, 0.05) is 5.69 Å². The van der Waals surface area contributed by atoms with Crippen molar-refractivity contribution in [3.63, 3.8) is 0 Å². The molecule has 2 heterocycles. The topological polar surface area (TPSA) is 91.7 Å². The first kappa shape index (κ1) is 18.4. The molecule has 0 unspecified atom stereocenters. The molecule has 146 valence electrons. The molecule has 0 aliphatic carbocycles. The summed E-state index contributed by atoms with van der Waals surface area (Å²) in [6.45, 7) is 0. The molecule has 4 rings (SSSR count). The van der Waals surface area contributed by atoms with Crippen molar-refractivity contribution < 1.29 is 23.2 Å². The summed E-state index contributed by atoms with van der Waals surface area (Å²) in [4.78, 5) is 39.5. The zero-order valence-corrected chi connectivity index (χ0v) is 15.1. The number of nitrogens with one attached hydrogen (secondary N) is 2. The number of amides is 3. The number of fused-ring (bicyclic) bond motifs is 1. The molecule has 2 N–H and O–H groups in total. The first-order chi connectivity index (χ1) is 14.0. The largest absolute Gasteiger partial charge is 0.459 e. The maximum absolute atomic E-state index is 13.0. The van der Waals surface area contributed by atoms with Gasteiger partial charge in [0.1, 0.15) is 11.9 Å². The zero-order valence-electron chi connectivity index (χ0n) is 15.1. The van der Waals surface area contributed by atoms with Crippen LogP contribution in [-0.4, -0.2) is 23.8 Å². The Morgan fingerprint density at radius 1 is 1.07 bits per heavy atom. The number of hydrogen-bond acceptors (Lipinski definition) is 4. The highest BCUT2D eigenvalue weighted by Crippen LogP contribution is 2.34. The van der Waals surface area contributed by atoms with Gasteiger partial charge in [-0.15, -0.1) is 0 Å². The number of carbonyl (C=O) groups is 3. The van der Waals surface area contributed by atoms with E-state index in [9.17, 15) is 18.8 Å². The fourth-order valence-corrected chi connectivity index (χ4v) is 3.17. The molecule has 0 bridgehead atoms. The minimum atomic E-state index is -1.08. The lowest BCUT2D eigenvalue weighted by atomic mass is 10.0. The summed E-state index contributed by atoms with van der Waals surface area (Å²) in [5, 5.41) is 5.33. The second-order valence-electron chi connectivity index (χ2n) is 6.43. The molecular formula is C21H16FN3O4. The van der Waals surface area contributed by atoms with Crippen LogP contribution in [0.1, 0.15) is 17.0 Å². The molecule has 1 aliphatic rings. The molecule has 1 aliphatic heterocycles. The number of para-hydroxylation sites is 2. The number of anilines is 3. The highest BCUT2D eigenvalue weighted by atomic mass is 19.1. The summed E-state index contributed by atoms with van der Waals surface area (Å²) in [7, 11) is 0. The molecule has 7 nitrogen and oxygen atoms in total. The Labute approximate surface area is 165 Å². The van der Waals surface area contributed by atoms with Gasteiger partial charge in [-0.25, -0.2) is 4.39 Å². The lowest BCUT2D eigenvalue weighted by Gasteiger charge is -2.35. The van der Waals surface area contributed by atoms with Crippen LogP contribution in [0.5, 0.6) is 0 Å². The number of benzene rings is 2. The van der Waals surface area contributed by atoms with Crippen molar-refractivity contribution in [3.05, 3.63) is 78.5 Å². The SMILES string of the molecule is O=C(C[C@@H]1C(=O)Nc2ccccc2N1C(=O)c1ccco1)Nc1ccc(F)cc1. The Hall–Kier alpha value is -3.94. The van der Waals surface area contributed by atoms with Crippen LogP contribution in [0.25, 0.3) is 0 Å². The Kier molecular flexibility index (Phi) is 4.82. The van der Waals surface area contributed by atoms with E-state index in [0.29, 0.717) is 17.1 Å². The van der Waals surface area contributed by atoms with E-state index in [1.54, 1.807) is 30.3 Å². The minimum absolute atomic E-state index is 0.0541. The molecule has 0 fully saturated rings. The van der Waals surface area contributed by atoms with Crippen molar-refractivity contribution in [2.24, 2.45) is 0 Å². The van der Waals surface area contributed by atoms with Crippen molar-refractivity contribution in [3.8, 4) is 0 Å². The van der Waals surface area contributed by atoms with Gasteiger partial charge in [-0.2, -0.15) is 0 Å². The molecule has 0 saturated carbocycles. The molecule has 0 saturated heterocycles. The van der Waals surface area contributed by atoms with Crippen LogP contribution in [0.2, 0.25) is 0 Å². The van der Waals surface area contributed by atoms with Crippen molar-refractivity contribution in [1.82, 2.24) is 0 Å². The molecule has 3 aromatic rings. The third-order valence-corrected chi connectivity index (χ3v) is 4.49. The molecular weight excluding hydrogens is 377 g/mol. The Morgan fingerprint density at radius 3 is 2.55 bits per heavy atom. The summed E-state index contributed by atoms with van der Waals surface area (Å²) in [5.41, 5.74) is 1.32. The van der Waals surface area contributed by atoms with E-state index in [-0.39, 0.29) is 12.2 Å². The average molecular weight is 393 g/mol. The fraction of sp³-hybridized carbons (Fsp3) is 0.0952. The summed E-state index contributed by atoms with van der Waals surface area (Å²) in [6, 6.07) is 14.0. The number of rotatable bonds is 4. The number of carbonyl (C=O) groups excluding carboxylic acids is 3. The van der Waals surface area contributed by atoms with Gasteiger partial charge in [-0.05, 0) is 48.5 Å². The normalized spacial score (nSPS) is 15.4. The molecule has 8 heteroatoms. The molecule has 0 spiro atoms. The maximum atomic E-state index is 13.0. The molecule has 29 heavy (non-hydrogen) atoms. The van der Waals surface area contributed by atoms with Crippen LogP contribution in [0.15, 0.2) is 71.3 Å². The summed E-state index contributed by atoms with van der Waals surface area (Å²) >= 11 is 0. The second kappa shape index (κ2) is 7.59. The van der Waals surface area contributed by atoms with Gasteiger partial charge in [0.2, 0.25) is 11.8 Å². The number of halogens is 1. The van der Waals surface area contributed by atoms with Gasteiger partial charge in [-0.3, -0.25) is 19.3 Å². The van der Waals surface area contributed by atoms with Gasteiger partial charge in [0.15, 0.2) is 5.76 Å². The third kappa shape index (κ3) is 3.73. The number of nitrogens with zero attached hydrogens (tertiary/aromatic N) is 1. The van der Waals surface area contributed by atoms with E-state index < -0.39 is 29.6 Å². The Balaban J connectivity index is 1.62. The van der Waals surface area contributed by atoms with Crippen LogP contribution in [0.3, 0.4) is 0 Å². The Morgan fingerprint density at radius 2 is 1.83 bits per heavy atom. The van der Waals surface area contributed by atoms with E-state index in [1.165, 1.54) is 41.5 Å². The lowest BCUT2D eigenvalue weighted by molar-refractivity contribution is -0.122. The standard InChI is InChI=1S/C21H16FN3O4/c22-13-7-9-14(10-8-13)23-19(26)12-17-20(27)24-15-4-1-2-5-16(15)25(17)21(28)18-6-3-11-29-18/h1-11,17H,12H2,(H,23,26)(H,24,27)/t17-/m1/s1. The van der Waals surface area contributed by atoms with Gasteiger partial charge < -0.3 is 15.1 Å². The van der Waals surface area contributed by atoms with E-state index in [0.717, 1.165) is 0 Å². The van der Waals surface area contributed by atoms with Crippen LogP contribution >= 0.6 is 0 Å². The van der Waals surface area contributed by atoms with Crippen molar-refractivity contribution in [2.75, 3.05) is 15.5 Å². The van der Waals surface area contributed by atoms with Crippen LogP contribution in [0, 0.1) is 5.82 Å². The highest BCUT2D eigenvalue weighted by molar-refractivity contribution is 6.17. The van der Waals surface area contributed by atoms with Crippen LogP contribution in [0.4, 0.5) is 21.5 Å². The quantitative estimate of drug-likeness (QED) is 0.711. The monoisotopic (exact) mass is 393 g/mol. The van der Waals surface area contributed by atoms with Crippen LogP contribution < -0.4 is 15.5 Å². The predicted octanol–water partition coefficient (Wildman–Crippen LogP) is 3.42. The number of hydrogen-bond donors (Lipinski definition) is 2. The first-order valence-electron chi connectivity index (χ1n) is 8.85. The summed E-state index contributed by atoms with van der Waals surface area (Å²) in [6.07, 6.45) is 1.07. The summed E-state index contributed by atoms with van der Waals surface area (Å²) in [5.74, 6) is -1.89. The third-order valence-electron chi connectivity index (χ3n) is 4.49. The predicted molar refractivity (Wildman–Crippen MR) is 104 cm³/mol. The first-order valence-corrected chi connectivity index (χ1v) is 8.85. The van der Waals surface area contributed by atoms with Gasteiger partial charge in [0.05, 0.1) is 24.1 Å². The zero-order chi connectivity index (χ0) is 20.4. The number of furan rings is 1. The summed E-state index contributed by atoms with van der Waals surface area (Å²) < 4.78 is 18.2. The van der Waals surface area contributed by atoms with E-state index in [4.69, 9.17) is 4.42 Å². The van der Waals surface area contributed by atoms with Gasteiger partial charge in [-0.1, -0.05) is 12.1 Å². The van der Waals surface area contributed by atoms with Gasteiger partial charge >= 0.3 is 0 Å². The van der Waals surface area contributed by atoms with Crippen molar-refractivity contribution in [1.29, 1.82) is 0 Å². The van der Waals surface area contributed by atoms with Crippen molar-refractivity contribution >= 4 is 34.8 Å². The maximum Gasteiger partial charge on any atom is 0.294 e. The lowest BCUT2D eigenvalue weighted by Crippen LogP contribution is -2.52. The average Bonchev–Trinajstić information content (AvgIpc) is 3.25. The van der Waals surface area contributed by atoms with E-state index in [1.807, 2.05) is 0 Å². The molecule has 3 amide bonds. The Bertz CT molecular complexity index is 1060. The smallest absolute Gasteiger partial charge is 0.294 e. The minimum Gasteiger partial charge on any atom is -0.459 e. The molecule has 0 radical (unpaired) electrons. The highest BCUT2D eigenvalue weighted by Gasteiger charge is 2.39. The molecule has 1 aromatic heterocycles.